The van der Waals surface area contributed by atoms with E-state index in [0.717, 1.165) is 0 Å². The van der Waals surface area contributed by atoms with Crippen molar-refractivity contribution in [1.82, 2.24) is 0 Å². The molecule has 0 N–H and O–H groups in total. The van der Waals surface area contributed by atoms with Crippen LogP contribution < -0.4 is 4.74 Å². The van der Waals surface area contributed by atoms with Crippen molar-refractivity contribution in [2.75, 3.05) is 13.7 Å². The van der Waals surface area contributed by atoms with Crippen molar-refractivity contribution in [2.45, 2.75) is 19.8 Å². The number of nitrogens with zero attached hydrogens (tertiary/aromatic N) is 1. The Bertz CT molecular complexity index is 495. The Kier molecular flexibility index (Phi) is 5.37. The summed E-state index contributed by atoms with van der Waals surface area (Å²) in [6.07, 6.45) is 0. The first-order valence-electron chi connectivity index (χ1n) is 6.13. The first kappa shape index (κ1) is 15.8. The lowest BCUT2D eigenvalue weighted by atomic mass is 9.81. The second-order valence-electron chi connectivity index (χ2n) is 4.59. The first-order valence-corrected chi connectivity index (χ1v) is 6.13. The number of rotatable bonds is 7. The van der Waals surface area contributed by atoms with Crippen LogP contribution in [0.25, 0.3) is 0 Å². The van der Waals surface area contributed by atoms with Crippen molar-refractivity contribution < 1.29 is 19.2 Å². The van der Waals surface area contributed by atoms with Gasteiger partial charge in [-0.2, -0.15) is 0 Å². The zero-order valence-electron chi connectivity index (χ0n) is 11.7. The first-order chi connectivity index (χ1) is 9.36. The largest absolute Gasteiger partial charge is 0.497 e. The van der Waals surface area contributed by atoms with Crippen LogP contribution in [0.5, 0.6) is 5.75 Å². The van der Waals surface area contributed by atoms with Gasteiger partial charge in [0.25, 0.3) is 0 Å². The van der Waals surface area contributed by atoms with Gasteiger partial charge >= 0.3 is 0 Å². The molecule has 0 heterocycles. The highest BCUT2D eigenvalue weighted by Gasteiger charge is 2.34. The average Bonchev–Trinajstić information content (AvgIpc) is 2.36. The summed E-state index contributed by atoms with van der Waals surface area (Å²) >= 11 is 0. The Morgan fingerprint density at radius 1 is 1.20 bits per heavy atom. The van der Waals surface area contributed by atoms with Crippen molar-refractivity contribution in [3.63, 3.8) is 0 Å². The molecular formula is C14H17NO5. The average molecular weight is 279 g/mol. The smallest absolute Gasteiger partial charge is 0.211 e. The van der Waals surface area contributed by atoms with Crippen molar-refractivity contribution in [3.05, 3.63) is 39.9 Å². The standard InChI is InChI=1S/C14H17NO5/c1-9(16)14(10(2)17)13(8-15(18)19)11-4-6-12(20-3)7-5-11/h4-7,13-14H,8H2,1-3H3. The van der Waals surface area contributed by atoms with Gasteiger partial charge in [-0.3, -0.25) is 19.7 Å². The summed E-state index contributed by atoms with van der Waals surface area (Å²) in [7, 11) is 1.51. The number of hydrogen-bond donors (Lipinski definition) is 0. The lowest BCUT2D eigenvalue weighted by molar-refractivity contribution is -0.484. The molecule has 6 nitrogen and oxygen atoms in total. The van der Waals surface area contributed by atoms with Crippen LogP contribution in [0, 0.1) is 16.0 Å². The van der Waals surface area contributed by atoms with E-state index in [1.54, 1.807) is 24.3 Å². The van der Waals surface area contributed by atoms with E-state index < -0.39 is 23.3 Å². The van der Waals surface area contributed by atoms with Gasteiger partial charge in [-0.05, 0) is 31.5 Å². The Hall–Kier alpha value is -2.24. The molecule has 0 fully saturated rings. The summed E-state index contributed by atoms with van der Waals surface area (Å²) < 4.78 is 5.02. The number of benzene rings is 1. The monoisotopic (exact) mass is 279 g/mol. The van der Waals surface area contributed by atoms with Crippen LogP contribution in [0.3, 0.4) is 0 Å². The maximum absolute atomic E-state index is 11.6. The molecule has 0 bridgehead atoms. The van der Waals surface area contributed by atoms with Gasteiger partial charge < -0.3 is 4.74 Å². The summed E-state index contributed by atoms with van der Waals surface area (Å²) in [4.78, 5) is 33.6. The molecular weight excluding hydrogens is 262 g/mol. The van der Waals surface area contributed by atoms with E-state index in [0.29, 0.717) is 11.3 Å². The number of ether oxygens (including phenoxy) is 1. The maximum Gasteiger partial charge on any atom is 0.211 e. The van der Waals surface area contributed by atoms with E-state index >= 15 is 0 Å². The van der Waals surface area contributed by atoms with Crippen LogP contribution in [-0.2, 0) is 9.59 Å². The molecule has 0 amide bonds. The molecule has 1 unspecified atom stereocenters. The van der Waals surface area contributed by atoms with E-state index in [9.17, 15) is 19.7 Å². The van der Waals surface area contributed by atoms with E-state index in [-0.39, 0.29) is 11.6 Å². The zero-order chi connectivity index (χ0) is 15.3. The third-order valence-corrected chi connectivity index (χ3v) is 3.17. The van der Waals surface area contributed by atoms with E-state index in [1.807, 2.05) is 0 Å². The van der Waals surface area contributed by atoms with Gasteiger partial charge in [-0.25, -0.2) is 0 Å². The molecule has 0 aliphatic heterocycles. The minimum Gasteiger partial charge on any atom is -0.497 e. The van der Waals surface area contributed by atoms with Crippen LogP contribution in [0.4, 0.5) is 0 Å². The molecule has 0 saturated heterocycles. The SMILES string of the molecule is COc1ccc(C(C[N+](=O)[O-])C(C(C)=O)C(C)=O)cc1. The number of carbonyl (C=O) groups is 2. The Morgan fingerprint density at radius 3 is 2.05 bits per heavy atom. The Balaban J connectivity index is 3.18. The quantitative estimate of drug-likeness (QED) is 0.432. The molecule has 1 rings (SSSR count). The second-order valence-corrected chi connectivity index (χ2v) is 4.59. The van der Waals surface area contributed by atoms with Gasteiger partial charge in [-0.1, -0.05) is 12.1 Å². The summed E-state index contributed by atoms with van der Waals surface area (Å²) in [5.74, 6) is -1.86. The van der Waals surface area contributed by atoms with Gasteiger partial charge in [-0.15, -0.1) is 0 Å². The van der Waals surface area contributed by atoms with Gasteiger partial charge in [0.15, 0.2) is 0 Å². The summed E-state index contributed by atoms with van der Waals surface area (Å²) in [6.45, 7) is 2.10. The second kappa shape index (κ2) is 6.79. The predicted molar refractivity (Wildman–Crippen MR) is 72.4 cm³/mol. The third-order valence-electron chi connectivity index (χ3n) is 3.17. The fraction of sp³-hybridized carbons (Fsp3) is 0.429. The highest BCUT2D eigenvalue weighted by atomic mass is 16.6. The molecule has 1 aromatic rings. The molecule has 0 aliphatic carbocycles. The number of hydrogen-bond acceptors (Lipinski definition) is 5. The van der Waals surface area contributed by atoms with E-state index in [1.165, 1.54) is 21.0 Å². The number of ketones is 2. The van der Waals surface area contributed by atoms with Gasteiger partial charge in [0.1, 0.15) is 17.3 Å². The number of methoxy groups -OCH3 is 1. The number of nitro groups is 1. The van der Waals surface area contributed by atoms with Crippen molar-refractivity contribution >= 4 is 11.6 Å². The molecule has 1 aromatic carbocycles. The minimum absolute atomic E-state index is 0.361. The van der Waals surface area contributed by atoms with E-state index in [2.05, 4.69) is 0 Å². The van der Waals surface area contributed by atoms with Crippen LogP contribution >= 0.6 is 0 Å². The lowest BCUT2D eigenvalue weighted by Crippen LogP contribution is -2.31. The van der Waals surface area contributed by atoms with E-state index in [4.69, 9.17) is 4.74 Å². The van der Waals surface area contributed by atoms with Gasteiger partial charge in [0, 0.05) is 4.92 Å². The molecule has 0 aromatic heterocycles. The molecule has 0 aliphatic rings. The van der Waals surface area contributed by atoms with Crippen LogP contribution in [-0.4, -0.2) is 30.1 Å². The maximum atomic E-state index is 11.6. The Morgan fingerprint density at radius 2 is 1.70 bits per heavy atom. The fourth-order valence-corrected chi connectivity index (χ4v) is 2.27. The summed E-state index contributed by atoms with van der Waals surface area (Å²) in [6, 6.07) is 6.59. The van der Waals surface area contributed by atoms with Crippen LogP contribution in [0.2, 0.25) is 0 Å². The number of carbonyl (C=O) groups excluding carboxylic acids is 2. The zero-order valence-corrected chi connectivity index (χ0v) is 11.7. The minimum atomic E-state index is -0.992. The molecule has 6 heteroatoms. The molecule has 1 atom stereocenters. The van der Waals surface area contributed by atoms with Gasteiger partial charge in [0.05, 0.1) is 18.9 Å². The lowest BCUT2D eigenvalue weighted by Gasteiger charge is -2.20. The third kappa shape index (κ3) is 3.88. The van der Waals surface area contributed by atoms with Gasteiger partial charge in [0.2, 0.25) is 6.54 Å². The molecule has 0 spiro atoms. The van der Waals surface area contributed by atoms with Crippen molar-refractivity contribution in [3.8, 4) is 5.75 Å². The molecule has 108 valence electrons. The van der Waals surface area contributed by atoms with Crippen LogP contribution in [0.1, 0.15) is 25.3 Å². The topological polar surface area (TPSA) is 86.5 Å². The fourth-order valence-electron chi connectivity index (χ4n) is 2.27. The molecule has 0 radical (unpaired) electrons. The van der Waals surface area contributed by atoms with Crippen molar-refractivity contribution in [1.29, 1.82) is 0 Å². The molecule has 0 saturated carbocycles. The normalized spacial score (nSPS) is 12.0. The predicted octanol–water partition coefficient (Wildman–Crippen LogP) is 1.85. The highest BCUT2D eigenvalue weighted by molar-refractivity contribution is 6.01. The molecule has 20 heavy (non-hydrogen) atoms. The summed E-state index contributed by atoms with van der Waals surface area (Å²) in [5, 5.41) is 10.8. The van der Waals surface area contributed by atoms with Crippen molar-refractivity contribution in [2.24, 2.45) is 5.92 Å². The summed E-state index contributed by atoms with van der Waals surface area (Å²) in [5.41, 5.74) is 0.581. The van der Waals surface area contributed by atoms with Crippen LogP contribution in [0.15, 0.2) is 24.3 Å². The highest BCUT2D eigenvalue weighted by Crippen LogP contribution is 2.28. The Labute approximate surface area is 116 Å². The number of Topliss-reactive ketones (excluding diaryl/α,β-unsaturated/α-hetero) is 2.